The van der Waals surface area contributed by atoms with Crippen LogP contribution in [-0.2, 0) is 6.18 Å². The Kier molecular flexibility index (Phi) is 6.59. The molecule has 0 radical (unpaired) electrons. The van der Waals surface area contributed by atoms with Crippen LogP contribution in [0.2, 0.25) is 5.02 Å². The Labute approximate surface area is 120 Å². The molecule has 0 aliphatic carbocycles. The molecular formula is C12H15Cl2F4N. The normalized spacial score (nSPS) is 14.7. The molecule has 7 heteroatoms. The number of hydrogen-bond acceptors (Lipinski definition) is 1. The number of halogens is 6. The summed E-state index contributed by atoms with van der Waals surface area (Å²) in [6, 6.07) is 0.625. The summed E-state index contributed by atoms with van der Waals surface area (Å²) in [5.41, 5.74) is 4.11. The zero-order valence-electron chi connectivity index (χ0n) is 10.4. The molecule has 2 atom stereocenters. The lowest BCUT2D eigenvalue weighted by molar-refractivity contribution is -0.138. The average molecular weight is 320 g/mol. The summed E-state index contributed by atoms with van der Waals surface area (Å²) in [5.74, 6) is -1.36. The smallest absolute Gasteiger partial charge is 0.324 e. The first-order valence-electron chi connectivity index (χ1n) is 5.50. The maximum absolute atomic E-state index is 13.8. The molecule has 2 N–H and O–H groups in total. The van der Waals surface area contributed by atoms with Gasteiger partial charge >= 0.3 is 6.18 Å². The number of benzene rings is 1. The van der Waals surface area contributed by atoms with Gasteiger partial charge in [0.05, 0.1) is 10.6 Å². The lowest BCUT2D eigenvalue weighted by atomic mass is 9.89. The van der Waals surface area contributed by atoms with E-state index in [9.17, 15) is 17.6 Å². The van der Waals surface area contributed by atoms with Crippen LogP contribution in [0.5, 0.6) is 0 Å². The van der Waals surface area contributed by atoms with E-state index < -0.39 is 29.2 Å². The maximum atomic E-state index is 13.8. The summed E-state index contributed by atoms with van der Waals surface area (Å²) in [7, 11) is 0. The van der Waals surface area contributed by atoms with E-state index in [2.05, 4.69) is 0 Å². The van der Waals surface area contributed by atoms with Crippen LogP contribution in [0.3, 0.4) is 0 Å². The molecule has 0 heterocycles. The molecule has 0 amide bonds. The zero-order valence-corrected chi connectivity index (χ0v) is 12.0. The van der Waals surface area contributed by atoms with Gasteiger partial charge in [-0.25, -0.2) is 4.39 Å². The van der Waals surface area contributed by atoms with Crippen LogP contribution in [0.25, 0.3) is 0 Å². The van der Waals surface area contributed by atoms with E-state index in [4.69, 9.17) is 17.3 Å². The molecule has 0 saturated heterocycles. The number of nitrogens with two attached hydrogens (primary N) is 1. The van der Waals surface area contributed by atoms with Gasteiger partial charge in [0.2, 0.25) is 0 Å². The molecular weight excluding hydrogens is 305 g/mol. The second-order valence-electron chi connectivity index (χ2n) is 4.23. The zero-order chi connectivity index (χ0) is 14.1. The fourth-order valence-corrected chi connectivity index (χ4v) is 1.84. The molecule has 0 saturated carbocycles. The van der Waals surface area contributed by atoms with Gasteiger partial charge in [-0.3, -0.25) is 0 Å². The highest BCUT2D eigenvalue weighted by atomic mass is 35.5. The molecule has 0 aromatic heterocycles. The van der Waals surface area contributed by atoms with Crippen molar-refractivity contribution in [3.05, 3.63) is 34.1 Å². The summed E-state index contributed by atoms with van der Waals surface area (Å²) >= 11 is 5.53. The lowest BCUT2D eigenvalue weighted by Crippen LogP contribution is -2.24. The highest BCUT2D eigenvalue weighted by molar-refractivity contribution is 6.30. The fourth-order valence-electron chi connectivity index (χ4n) is 1.68. The molecule has 1 unspecified atom stereocenters. The van der Waals surface area contributed by atoms with Gasteiger partial charge in [-0.05, 0) is 18.1 Å². The van der Waals surface area contributed by atoms with Crippen LogP contribution in [0.4, 0.5) is 17.6 Å². The van der Waals surface area contributed by atoms with E-state index in [1.54, 1.807) is 13.8 Å². The topological polar surface area (TPSA) is 26.0 Å². The van der Waals surface area contributed by atoms with Gasteiger partial charge in [-0.15, -0.1) is 12.4 Å². The number of rotatable bonds is 3. The van der Waals surface area contributed by atoms with Gasteiger partial charge in [-0.2, -0.15) is 13.2 Å². The quantitative estimate of drug-likeness (QED) is 0.782. The van der Waals surface area contributed by atoms with Crippen molar-refractivity contribution in [1.29, 1.82) is 0 Å². The fraction of sp³-hybridized carbons (Fsp3) is 0.500. The Morgan fingerprint density at radius 2 is 1.84 bits per heavy atom. The van der Waals surface area contributed by atoms with Gasteiger partial charge in [-0.1, -0.05) is 31.9 Å². The van der Waals surface area contributed by atoms with Crippen molar-refractivity contribution in [2.24, 2.45) is 11.7 Å². The van der Waals surface area contributed by atoms with E-state index in [1.807, 2.05) is 0 Å². The van der Waals surface area contributed by atoms with E-state index >= 15 is 0 Å². The standard InChI is InChI=1S/C12H14ClF4N.ClH/c1-3-6(2)11(18)9-7(12(15,16)17)4-5-8(13)10(9)14;/h4-6,11H,3,18H2,1-2H3;1H/t6?,11-;/m1./s1. The van der Waals surface area contributed by atoms with Crippen LogP contribution in [0.1, 0.15) is 37.4 Å². The van der Waals surface area contributed by atoms with Crippen LogP contribution in [0, 0.1) is 11.7 Å². The Bertz CT molecular complexity index is 434. The minimum absolute atomic E-state index is 0. The third kappa shape index (κ3) is 3.97. The lowest BCUT2D eigenvalue weighted by Gasteiger charge is -2.23. The average Bonchev–Trinajstić information content (AvgIpc) is 2.29. The summed E-state index contributed by atoms with van der Waals surface area (Å²) in [6.45, 7) is 3.45. The summed E-state index contributed by atoms with van der Waals surface area (Å²) < 4.78 is 52.3. The Morgan fingerprint density at radius 3 is 2.26 bits per heavy atom. The molecule has 0 bridgehead atoms. The van der Waals surface area contributed by atoms with Crippen molar-refractivity contribution < 1.29 is 17.6 Å². The Morgan fingerprint density at radius 1 is 1.32 bits per heavy atom. The molecule has 1 aromatic carbocycles. The van der Waals surface area contributed by atoms with Crippen molar-refractivity contribution in [3.63, 3.8) is 0 Å². The highest BCUT2D eigenvalue weighted by Crippen LogP contribution is 2.39. The molecule has 1 nitrogen and oxygen atoms in total. The molecule has 0 fully saturated rings. The van der Waals surface area contributed by atoms with E-state index in [1.165, 1.54) is 0 Å². The first-order chi connectivity index (χ1) is 8.20. The second-order valence-corrected chi connectivity index (χ2v) is 4.64. The Balaban J connectivity index is 0.00000324. The third-order valence-corrected chi connectivity index (χ3v) is 3.32. The van der Waals surface area contributed by atoms with Gasteiger partial charge in [0.15, 0.2) is 0 Å². The molecule has 19 heavy (non-hydrogen) atoms. The van der Waals surface area contributed by atoms with Crippen LogP contribution in [-0.4, -0.2) is 0 Å². The first-order valence-corrected chi connectivity index (χ1v) is 5.88. The molecule has 1 aromatic rings. The first kappa shape index (κ1) is 18.5. The largest absolute Gasteiger partial charge is 0.416 e. The highest BCUT2D eigenvalue weighted by Gasteiger charge is 2.37. The van der Waals surface area contributed by atoms with Crippen molar-refractivity contribution in [3.8, 4) is 0 Å². The molecule has 1 rings (SSSR count). The van der Waals surface area contributed by atoms with Crippen molar-refractivity contribution in [1.82, 2.24) is 0 Å². The monoisotopic (exact) mass is 319 g/mol. The summed E-state index contributed by atoms with van der Waals surface area (Å²) in [6.07, 6.45) is -4.10. The van der Waals surface area contributed by atoms with Crippen molar-refractivity contribution in [2.75, 3.05) is 0 Å². The number of hydrogen-bond donors (Lipinski definition) is 1. The van der Waals surface area contributed by atoms with Gasteiger partial charge in [0.1, 0.15) is 5.82 Å². The van der Waals surface area contributed by atoms with Crippen LogP contribution >= 0.6 is 24.0 Å². The van der Waals surface area contributed by atoms with Crippen molar-refractivity contribution >= 4 is 24.0 Å². The second kappa shape index (κ2) is 6.77. The van der Waals surface area contributed by atoms with Crippen molar-refractivity contribution in [2.45, 2.75) is 32.5 Å². The third-order valence-electron chi connectivity index (χ3n) is 3.03. The van der Waals surface area contributed by atoms with Crippen LogP contribution < -0.4 is 5.73 Å². The summed E-state index contributed by atoms with van der Waals surface area (Å²) in [5, 5.41) is -0.350. The van der Waals surface area contributed by atoms with Gasteiger partial charge < -0.3 is 5.73 Å². The van der Waals surface area contributed by atoms with Gasteiger partial charge in [0, 0.05) is 11.6 Å². The Hall–Kier alpha value is -0.520. The van der Waals surface area contributed by atoms with E-state index in [0.29, 0.717) is 6.42 Å². The molecule has 0 aliphatic heterocycles. The summed E-state index contributed by atoms with van der Waals surface area (Å²) in [4.78, 5) is 0. The molecule has 0 spiro atoms. The van der Waals surface area contributed by atoms with E-state index in [0.717, 1.165) is 12.1 Å². The predicted molar refractivity (Wildman–Crippen MR) is 70.0 cm³/mol. The maximum Gasteiger partial charge on any atom is 0.416 e. The predicted octanol–water partition coefficient (Wildman–Crippen LogP) is 4.97. The number of alkyl halides is 3. The minimum Gasteiger partial charge on any atom is -0.324 e. The van der Waals surface area contributed by atoms with Gasteiger partial charge in [0.25, 0.3) is 0 Å². The minimum atomic E-state index is -4.65. The van der Waals surface area contributed by atoms with E-state index in [-0.39, 0.29) is 23.3 Å². The SMILES string of the molecule is CCC(C)[C@@H](N)c1c(C(F)(F)F)ccc(Cl)c1F.Cl. The van der Waals surface area contributed by atoms with Crippen LogP contribution in [0.15, 0.2) is 12.1 Å². The molecule has 0 aliphatic rings. The molecule has 110 valence electrons.